The molecule has 0 bridgehead atoms. The Labute approximate surface area is 136 Å². The van der Waals surface area contributed by atoms with Crippen LogP contribution >= 0.6 is 27.5 Å². The number of hydrogen-bond donors (Lipinski definition) is 1. The molecule has 3 rings (SSSR count). The van der Waals surface area contributed by atoms with E-state index in [0.717, 1.165) is 22.9 Å². The lowest BCUT2D eigenvalue weighted by atomic mass is 10.00. The Kier molecular flexibility index (Phi) is 3.91. The van der Waals surface area contributed by atoms with Crippen molar-refractivity contribution in [1.82, 2.24) is 0 Å². The van der Waals surface area contributed by atoms with E-state index in [0.29, 0.717) is 22.8 Å². The summed E-state index contributed by atoms with van der Waals surface area (Å²) in [5, 5.41) is 10.6. The second-order valence-corrected chi connectivity index (χ2v) is 6.24. The molecular formula is C16H13BrClNO2. The van der Waals surface area contributed by atoms with E-state index in [2.05, 4.69) is 15.9 Å². The second kappa shape index (κ2) is 5.70. The molecule has 21 heavy (non-hydrogen) atoms. The zero-order valence-corrected chi connectivity index (χ0v) is 13.5. The molecule has 2 aromatic carbocycles. The minimum absolute atomic E-state index is 0.142. The highest BCUT2D eigenvalue weighted by Crippen LogP contribution is 2.36. The summed E-state index contributed by atoms with van der Waals surface area (Å²) in [4.78, 5) is 14.4. The van der Waals surface area contributed by atoms with E-state index in [4.69, 9.17) is 11.6 Å². The maximum atomic E-state index is 12.7. The van der Waals surface area contributed by atoms with E-state index in [9.17, 15) is 9.90 Å². The van der Waals surface area contributed by atoms with Gasteiger partial charge in [0.1, 0.15) is 5.75 Å². The Morgan fingerprint density at radius 1 is 1.29 bits per heavy atom. The van der Waals surface area contributed by atoms with Crippen molar-refractivity contribution in [3.63, 3.8) is 0 Å². The van der Waals surface area contributed by atoms with E-state index < -0.39 is 0 Å². The van der Waals surface area contributed by atoms with Gasteiger partial charge >= 0.3 is 0 Å². The molecule has 0 aliphatic carbocycles. The van der Waals surface area contributed by atoms with Crippen molar-refractivity contribution in [2.75, 3.05) is 11.4 Å². The predicted octanol–water partition coefficient (Wildman–Crippen LogP) is 4.40. The molecule has 1 aliphatic heterocycles. The number of anilines is 1. The van der Waals surface area contributed by atoms with Crippen molar-refractivity contribution in [2.45, 2.75) is 12.8 Å². The summed E-state index contributed by atoms with van der Waals surface area (Å²) in [5.74, 6) is -0.00407. The molecule has 0 atom stereocenters. The Morgan fingerprint density at radius 3 is 2.86 bits per heavy atom. The molecule has 0 radical (unpaired) electrons. The van der Waals surface area contributed by atoms with Crippen molar-refractivity contribution in [3.8, 4) is 5.75 Å². The summed E-state index contributed by atoms with van der Waals surface area (Å²) in [6.07, 6.45) is 1.75. The van der Waals surface area contributed by atoms with Crippen LogP contribution in [0.1, 0.15) is 22.3 Å². The van der Waals surface area contributed by atoms with E-state index in [1.165, 1.54) is 0 Å². The fourth-order valence-corrected chi connectivity index (χ4v) is 3.05. The largest absolute Gasteiger partial charge is 0.506 e. The number of fused-ring (bicyclic) bond motifs is 1. The first kappa shape index (κ1) is 14.4. The van der Waals surface area contributed by atoms with Gasteiger partial charge in [-0.2, -0.15) is 0 Å². The number of halogens is 2. The van der Waals surface area contributed by atoms with Gasteiger partial charge in [-0.25, -0.2) is 0 Å². The number of amides is 1. The molecule has 1 aliphatic rings. The van der Waals surface area contributed by atoms with Crippen LogP contribution in [-0.4, -0.2) is 17.6 Å². The Morgan fingerprint density at radius 2 is 2.10 bits per heavy atom. The van der Waals surface area contributed by atoms with Crippen LogP contribution in [0, 0.1) is 0 Å². The van der Waals surface area contributed by atoms with E-state index in [-0.39, 0.29) is 11.7 Å². The minimum Gasteiger partial charge on any atom is -0.506 e. The molecule has 0 spiro atoms. The summed E-state index contributed by atoms with van der Waals surface area (Å²) in [6.45, 7) is 0.594. The average Bonchev–Trinajstić information content (AvgIpc) is 2.49. The molecule has 1 N–H and O–H groups in total. The number of carbonyl (C=O) groups excluding carboxylic acids is 1. The Hall–Kier alpha value is -1.52. The van der Waals surface area contributed by atoms with Crippen LogP contribution in [0.3, 0.4) is 0 Å². The van der Waals surface area contributed by atoms with E-state index in [1.54, 1.807) is 35.2 Å². The number of carbonyl (C=O) groups is 1. The molecular weight excluding hydrogens is 354 g/mol. The molecule has 1 amide bonds. The third kappa shape index (κ3) is 2.65. The van der Waals surface area contributed by atoms with Gasteiger partial charge in [-0.3, -0.25) is 4.79 Å². The van der Waals surface area contributed by atoms with Gasteiger partial charge in [0.05, 0.1) is 10.7 Å². The molecule has 0 aromatic heterocycles. The van der Waals surface area contributed by atoms with Gasteiger partial charge in [0.25, 0.3) is 5.91 Å². The summed E-state index contributed by atoms with van der Waals surface area (Å²) in [7, 11) is 0. The number of nitrogens with zero attached hydrogens (tertiary/aromatic N) is 1. The monoisotopic (exact) mass is 365 g/mol. The second-order valence-electron chi connectivity index (χ2n) is 4.97. The van der Waals surface area contributed by atoms with Gasteiger partial charge in [-0.05, 0) is 58.6 Å². The van der Waals surface area contributed by atoms with Crippen LogP contribution in [0.2, 0.25) is 5.02 Å². The Balaban J connectivity index is 2.02. The summed E-state index contributed by atoms with van der Waals surface area (Å²) < 4.78 is 0.752. The summed E-state index contributed by atoms with van der Waals surface area (Å²) >= 11 is 9.38. The van der Waals surface area contributed by atoms with Crippen LogP contribution in [0.4, 0.5) is 5.69 Å². The van der Waals surface area contributed by atoms with Crippen LogP contribution < -0.4 is 4.90 Å². The highest BCUT2D eigenvalue weighted by Gasteiger charge is 2.26. The zero-order valence-electron chi connectivity index (χ0n) is 11.1. The first-order chi connectivity index (χ1) is 10.1. The maximum Gasteiger partial charge on any atom is 0.258 e. The topological polar surface area (TPSA) is 40.5 Å². The van der Waals surface area contributed by atoms with Gasteiger partial charge in [-0.1, -0.05) is 23.7 Å². The zero-order chi connectivity index (χ0) is 15.0. The normalized spacial score (nSPS) is 13.9. The number of hydrogen-bond acceptors (Lipinski definition) is 2. The number of aromatic hydroxyl groups is 1. The molecule has 2 aromatic rings. The van der Waals surface area contributed by atoms with E-state index >= 15 is 0 Å². The van der Waals surface area contributed by atoms with Gasteiger partial charge in [0.2, 0.25) is 0 Å². The lowest BCUT2D eigenvalue weighted by Gasteiger charge is -2.30. The number of rotatable bonds is 1. The third-order valence-corrected chi connectivity index (χ3v) is 4.84. The van der Waals surface area contributed by atoms with Crippen LogP contribution in [0.5, 0.6) is 5.75 Å². The smallest absolute Gasteiger partial charge is 0.258 e. The van der Waals surface area contributed by atoms with Gasteiger partial charge in [-0.15, -0.1) is 0 Å². The van der Waals surface area contributed by atoms with E-state index in [1.807, 2.05) is 6.07 Å². The molecule has 1 heterocycles. The van der Waals surface area contributed by atoms with Gasteiger partial charge in [0, 0.05) is 16.6 Å². The number of phenolic OH excluding ortho intramolecular Hbond substituents is 1. The summed E-state index contributed by atoms with van der Waals surface area (Å²) in [6, 6.07) is 10.5. The quantitative estimate of drug-likeness (QED) is 0.812. The molecule has 108 valence electrons. The average molecular weight is 367 g/mol. The molecule has 0 saturated carbocycles. The lowest BCUT2D eigenvalue weighted by molar-refractivity contribution is 0.0984. The first-order valence-electron chi connectivity index (χ1n) is 6.65. The number of benzene rings is 2. The number of para-hydroxylation sites is 1. The molecule has 5 heteroatoms. The van der Waals surface area contributed by atoms with Crippen molar-refractivity contribution in [1.29, 1.82) is 0 Å². The number of phenols is 1. The number of aryl methyl sites for hydroxylation is 1. The lowest BCUT2D eigenvalue weighted by Crippen LogP contribution is -2.35. The van der Waals surface area contributed by atoms with Crippen molar-refractivity contribution in [3.05, 3.63) is 57.0 Å². The fraction of sp³-hybridized carbons (Fsp3) is 0.188. The van der Waals surface area contributed by atoms with Gasteiger partial charge < -0.3 is 10.0 Å². The Bertz CT molecular complexity index is 717. The molecule has 0 unspecified atom stereocenters. The van der Waals surface area contributed by atoms with Crippen LogP contribution in [0.25, 0.3) is 0 Å². The SMILES string of the molecule is O=C(c1ccc(Br)c(Cl)c1)N1CCCc2cccc(O)c21. The molecule has 0 fully saturated rings. The highest BCUT2D eigenvalue weighted by atomic mass is 79.9. The van der Waals surface area contributed by atoms with Crippen molar-refractivity contribution >= 4 is 39.1 Å². The third-order valence-electron chi connectivity index (χ3n) is 3.61. The first-order valence-corrected chi connectivity index (χ1v) is 7.83. The fourth-order valence-electron chi connectivity index (χ4n) is 2.62. The van der Waals surface area contributed by atoms with Crippen molar-refractivity contribution in [2.24, 2.45) is 0 Å². The molecule has 3 nitrogen and oxygen atoms in total. The van der Waals surface area contributed by atoms with Crippen LogP contribution in [0.15, 0.2) is 40.9 Å². The van der Waals surface area contributed by atoms with Crippen LogP contribution in [-0.2, 0) is 6.42 Å². The van der Waals surface area contributed by atoms with Crippen molar-refractivity contribution < 1.29 is 9.90 Å². The highest BCUT2D eigenvalue weighted by molar-refractivity contribution is 9.10. The summed E-state index contributed by atoms with van der Waals surface area (Å²) in [5.41, 5.74) is 2.13. The standard InChI is InChI=1S/C16H13BrClNO2/c17-12-7-6-11(9-13(12)18)16(21)19-8-2-4-10-3-1-5-14(20)15(10)19/h1,3,5-7,9,20H,2,4,8H2. The predicted molar refractivity (Wildman–Crippen MR) is 87.3 cm³/mol. The molecule has 0 saturated heterocycles. The minimum atomic E-state index is -0.146. The van der Waals surface area contributed by atoms with Gasteiger partial charge in [0.15, 0.2) is 0 Å². The maximum absolute atomic E-state index is 12.7.